The molecule has 0 radical (unpaired) electrons. The van der Waals surface area contributed by atoms with Gasteiger partial charge in [0.15, 0.2) is 0 Å². The molecule has 4 heteroatoms. The second-order valence-electron chi connectivity index (χ2n) is 6.55. The number of nitrogens with one attached hydrogen (secondary N) is 1. The Kier molecular flexibility index (Phi) is 2.98. The molecule has 1 aliphatic carbocycles. The van der Waals surface area contributed by atoms with Crippen molar-refractivity contribution in [2.24, 2.45) is 11.8 Å². The summed E-state index contributed by atoms with van der Waals surface area (Å²) in [5, 5.41) is 0.675. The van der Waals surface area contributed by atoms with E-state index in [0.29, 0.717) is 17.3 Å². The fourth-order valence-corrected chi connectivity index (χ4v) is 4.23. The number of hydrogen-bond donors (Lipinski definition) is 1. The predicted molar refractivity (Wildman–Crippen MR) is 84.6 cm³/mol. The highest BCUT2D eigenvalue weighted by atomic mass is 16.1. The molecule has 2 aromatic rings. The van der Waals surface area contributed by atoms with Crippen LogP contribution in [0, 0.1) is 11.8 Å². The predicted octanol–water partition coefficient (Wildman–Crippen LogP) is 2.94. The van der Waals surface area contributed by atoms with Gasteiger partial charge in [0.25, 0.3) is 5.56 Å². The van der Waals surface area contributed by atoms with Crippen LogP contribution in [0.25, 0.3) is 10.9 Å². The molecule has 0 spiro atoms. The van der Waals surface area contributed by atoms with Crippen LogP contribution in [0.3, 0.4) is 0 Å². The first-order valence-corrected chi connectivity index (χ1v) is 8.00. The number of H-pyrrole nitrogens is 1. The van der Waals surface area contributed by atoms with Crippen LogP contribution in [-0.2, 0) is 0 Å². The normalized spacial score (nSPS) is 28.8. The van der Waals surface area contributed by atoms with Gasteiger partial charge in [-0.15, -0.1) is 0 Å². The van der Waals surface area contributed by atoms with E-state index in [1.54, 1.807) is 0 Å². The summed E-state index contributed by atoms with van der Waals surface area (Å²) in [5.41, 5.74) is 0.769. The molecule has 4 rings (SSSR count). The van der Waals surface area contributed by atoms with Gasteiger partial charge in [-0.2, -0.15) is 0 Å². The molecule has 2 heterocycles. The van der Waals surface area contributed by atoms with Gasteiger partial charge in [-0.1, -0.05) is 31.9 Å². The van der Waals surface area contributed by atoms with Gasteiger partial charge in [0.05, 0.1) is 10.9 Å². The van der Waals surface area contributed by atoms with Crippen molar-refractivity contribution in [3.8, 4) is 0 Å². The summed E-state index contributed by atoms with van der Waals surface area (Å²) in [6, 6.07) is 8.13. The molecule has 2 aliphatic rings. The van der Waals surface area contributed by atoms with E-state index in [1.807, 2.05) is 24.3 Å². The summed E-state index contributed by atoms with van der Waals surface area (Å²) in [5.74, 6) is 2.21. The van der Waals surface area contributed by atoms with Crippen molar-refractivity contribution in [2.45, 2.75) is 38.6 Å². The van der Waals surface area contributed by atoms with E-state index in [2.05, 4.69) is 16.8 Å². The summed E-state index contributed by atoms with van der Waals surface area (Å²) in [4.78, 5) is 22.3. The zero-order chi connectivity index (χ0) is 14.4. The minimum atomic E-state index is -0.0255. The van der Waals surface area contributed by atoms with Crippen LogP contribution in [0.4, 0.5) is 5.95 Å². The maximum Gasteiger partial charge on any atom is 0.260 e. The highest BCUT2D eigenvalue weighted by Crippen LogP contribution is 2.40. The molecule has 1 aliphatic heterocycles. The van der Waals surface area contributed by atoms with Gasteiger partial charge >= 0.3 is 0 Å². The van der Waals surface area contributed by atoms with E-state index in [-0.39, 0.29) is 5.56 Å². The maximum absolute atomic E-state index is 12.3. The number of anilines is 1. The van der Waals surface area contributed by atoms with E-state index in [1.165, 1.54) is 25.7 Å². The van der Waals surface area contributed by atoms with Gasteiger partial charge < -0.3 is 4.90 Å². The largest absolute Gasteiger partial charge is 0.339 e. The van der Waals surface area contributed by atoms with Crippen LogP contribution in [0.2, 0.25) is 0 Å². The molecule has 1 aromatic heterocycles. The Labute approximate surface area is 124 Å². The van der Waals surface area contributed by atoms with E-state index < -0.39 is 0 Å². The molecule has 2 fully saturated rings. The van der Waals surface area contributed by atoms with E-state index in [0.717, 1.165) is 23.9 Å². The molecule has 3 unspecified atom stereocenters. The van der Waals surface area contributed by atoms with Gasteiger partial charge in [0.1, 0.15) is 0 Å². The Balaban J connectivity index is 1.78. The quantitative estimate of drug-likeness (QED) is 0.875. The Bertz CT molecular complexity index is 723. The zero-order valence-electron chi connectivity index (χ0n) is 12.4. The van der Waals surface area contributed by atoms with Crippen LogP contribution in [0.1, 0.15) is 32.6 Å². The Morgan fingerprint density at radius 3 is 2.95 bits per heavy atom. The van der Waals surface area contributed by atoms with Gasteiger partial charge in [0, 0.05) is 12.6 Å². The number of hydrogen-bond acceptors (Lipinski definition) is 3. The summed E-state index contributed by atoms with van der Waals surface area (Å²) in [6.07, 6.45) is 5.19. The Morgan fingerprint density at radius 1 is 1.24 bits per heavy atom. The SMILES string of the molecule is CC1CN(c2nc3ccccc3c(=O)[nH]2)C2CCCCC12. The number of para-hydroxylation sites is 1. The summed E-state index contributed by atoms with van der Waals surface area (Å²) in [6.45, 7) is 3.35. The molecule has 4 nitrogen and oxygen atoms in total. The Hall–Kier alpha value is -1.84. The van der Waals surface area contributed by atoms with Gasteiger partial charge in [-0.3, -0.25) is 9.78 Å². The maximum atomic E-state index is 12.3. The first-order valence-electron chi connectivity index (χ1n) is 8.00. The number of aromatic amines is 1. The molecule has 110 valence electrons. The first kappa shape index (κ1) is 12.9. The van der Waals surface area contributed by atoms with Crippen molar-refractivity contribution < 1.29 is 0 Å². The van der Waals surface area contributed by atoms with E-state index in [4.69, 9.17) is 4.98 Å². The lowest BCUT2D eigenvalue weighted by Crippen LogP contribution is -2.36. The minimum Gasteiger partial charge on any atom is -0.339 e. The molecule has 1 saturated heterocycles. The zero-order valence-corrected chi connectivity index (χ0v) is 12.4. The standard InChI is InChI=1S/C17H21N3O/c1-11-10-20(15-9-5-3-6-12(11)15)17-18-14-8-4-2-7-13(14)16(21)19-17/h2,4,7-8,11-12,15H,3,5-6,9-10H2,1H3,(H,18,19,21). The molecule has 21 heavy (non-hydrogen) atoms. The third-order valence-electron chi connectivity index (χ3n) is 5.27. The van der Waals surface area contributed by atoms with Crippen molar-refractivity contribution in [3.63, 3.8) is 0 Å². The number of benzene rings is 1. The topological polar surface area (TPSA) is 49.0 Å². The summed E-state index contributed by atoms with van der Waals surface area (Å²) < 4.78 is 0. The van der Waals surface area contributed by atoms with Crippen LogP contribution >= 0.6 is 0 Å². The van der Waals surface area contributed by atoms with Gasteiger partial charge in [-0.05, 0) is 36.8 Å². The second kappa shape index (κ2) is 4.86. The second-order valence-corrected chi connectivity index (χ2v) is 6.55. The molecular formula is C17H21N3O. The number of rotatable bonds is 1. The van der Waals surface area contributed by atoms with Crippen LogP contribution in [0.5, 0.6) is 0 Å². The molecule has 0 bridgehead atoms. The monoisotopic (exact) mass is 283 g/mol. The van der Waals surface area contributed by atoms with Crippen molar-refractivity contribution in [3.05, 3.63) is 34.6 Å². The smallest absolute Gasteiger partial charge is 0.260 e. The third-order valence-corrected chi connectivity index (χ3v) is 5.27. The number of aromatic nitrogens is 2. The molecule has 1 N–H and O–H groups in total. The van der Waals surface area contributed by atoms with E-state index in [9.17, 15) is 4.79 Å². The van der Waals surface area contributed by atoms with Crippen molar-refractivity contribution in [1.29, 1.82) is 0 Å². The lowest BCUT2D eigenvalue weighted by atomic mass is 9.80. The highest BCUT2D eigenvalue weighted by molar-refractivity contribution is 5.78. The van der Waals surface area contributed by atoms with Crippen molar-refractivity contribution in [2.75, 3.05) is 11.4 Å². The van der Waals surface area contributed by atoms with Crippen LogP contribution < -0.4 is 10.5 Å². The first-order chi connectivity index (χ1) is 10.2. The average Bonchev–Trinajstić information content (AvgIpc) is 2.85. The Morgan fingerprint density at radius 2 is 2.05 bits per heavy atom. The van der Waals surface area contributed by atoms with Gasteiger partial charge in [-0.25, -0.2) is 4.98 Å². The van der Waals surface area contributed by atoms with Crippen LogP contribution in [0.15, 0.2) is 29.1 Å². The molecule has 0 amide bonds. The van der Waals surface area contributed by atoms with Crippen molar-refractivity contribution in [1.82, 2.24) is 9.97 Å². The third kappa shape index (κ3) is 2.04. The highest BCUT2D eigenvalue weighted by Gasteiger charge is 2.41. The molecule has 1 saturated carbocycles. The molecular weight excluding hydrogens is 262 g/mol. The van der Waals surface area contributed by atoms with Gasteiger partial charge in [0.2, 0.25) is 5.95 Å². The minimum absolute atomic E-state index is 0.0255. The fraction of sp³-hybridized carbons (Fsp3) is 0.529. The lowest BCUT2D eigenvalue weighted by molar-refractivity contribution is 0.293. The average molecular weight is 283 g/mol. The number of nitrogens with zero attached hydrogens (tertiary/aromatic N) is 2. The fourth-order valence-electron chi connectivity index (χ4n) is 4.23. The van der Waals surface area contributed by atoms with Crippen molar-refractivity contribution >= 4 is 16.9 Å². The van der Waals surface area contributed by atoms with Crippen LogP contribution in [-0.4, -0.2) is 22.6 Å². The number of fused-ring (bicyclic) bond motifs is 2. The summed E-state index contributed by atoms with van der Waals surface area (Å²) in [7, 11) is 0. The lowest BCUT2D eigenvalue weighted by Gasteiger charge is -2.32. The summed E-state index contributed by atoms with van der Waals surface area (Å²) >= 11 is 0. The molecule has 3 atom stereocenters. The van der Waals surface area contributed by atoms with E-state index >= 15 is 0 Å². The molecule has 1 aromatic carbocycles.